The molecule has 0 aromatic heterocycles. The van der Waals surface area contributed by atoms with E-state index in [1.807, 2.05) is 18.2 Å². The van der Waals surface area contributed by atoms with Crippen LogP contribution in [0.3, 0.4) is 0 Å². The molecule has 1 heterocycles. The summed E-state index contributed by atoms with van der Waals surface area (Å²) in [6, 6.07) is 4.67. The average molecular weight is 250 g/mol. The lowest BCUT2D eigenvalue weighted by Gasteiger charge is -2.22. The zero-order chi connectivity index (χ0) is 13.1. The summed E-state index contributed by atoms with van der Waals surface area (Å²) in [7, 11) is 0. The summed E-state index contributed by atoms with van der Waals surface area (Å²) in [6.45, 7) is 0.747. The minimum atomic E-state index is -0.931. The number of fused-ring (bicyclic) bond motifs is 1. The number of aliphatic carboxylic acids is 1. The van der Waals surface area contributed by atoms with E-state index in [1.54, 1.807) is 0 Å². The number of carboxylic acid groups (broad SMARTS) is 1. The molecule has 0 bridgehead atoms. The highest BCUT2D eigenvalue weighted by Crippen LogP contribution is 2.28. The molecule has 0 spiro atoms. The van der Waals surface area contributed by atoms with Crippen molar-refractivity contribution in [1.82, 2.24) is 0 Å². The lowest BCUT2D eigenvalue weighted by atomic mass is 9.95. The van der Waals surface area contributed by atoms with E-state index in [-0.39, 0.29) is 6.42 Å². The molecular weight excluding hydrogens is 232 g/mol. The zero-order valence-corrected chi connectivity index (χ0v) is 10.1. The Morgan fingerprint density at radius 1 is 1.44 bits per heavy atom. The van der Waals surface area contributed by atoms with Gasteiger partial charge in [-0.1, -0.05) is 12.1 Å². The fourth-order valence-corrected chi connectivity index (χ4v) is 2.16. The Morgan fingerprint density at radius 3 is 2.94 bits per heavy atom. The van der Waals surface area contributed by atoms with Crippen LogP contribution in [-0.2, 0) is 11.2 Å². The predicted octanol–water partition coefficient (Wildman–Crippen LogP) is 0.813. The van der Waals surface area contributed by atoms with Crippen molar-refractivity contribution in [3.8, 4) is 5.75 Å². The Hall–Kier alpha value is -1.59. The molecule has 98 valence electrons. The molecule has 18 heavy (non-hydrogen) atoms. The summed E-state index contributed by atoms with van der Waals surface area (Å²) >= 11 is 0. The van der Waals surface area contributed by atoms with Crippen molar-refractivity contribution in [2.75, 3.05) is 6.61 Å². The lowest BCUT2D eigenvalue weighted by molar-refractivity contribution is -0.137. The van der Waals surface area contributed by atoms with Crippen LogP contribution in [-0.4, -0.2) is 23.7 Å². The molecule has 0 saturated heterocycles. The number of hydrogen-bond acceptors (Lipinski definition) is 4. The van der Waals surface area contributed by atoms with Crippen molar-refractivity contribution in [2.24, 2.45) is 11.5 Å². The quantitative estimate of drug-likeness (QED) is 0.734. The van der Waals surface area contributed by atoms with Gasteiger partial charge in [-0.2, -0.15) is 0 Å². The number of carboxylic acids is 1. The molecule has 0 radical (unpaired) electrons. The van der Waals surface area contributed by atoms with E-state index in [0.29, 0.717) is 0 Å². The Bertz CT molecular complexity index is 448. The Balaban J connectivity index is 2.15. The molecular formula is C13H18N2O3. The van der Waals surface area contributed by atoms with Crippen LogP contribution in [0, 0.1) is 0 Å². The van der Waals surface area contributed by atoms with E-state index >= 15 is 0 Å². The van der Waals surface area contributed by atoms with Crippen molar-refractivity contribution in [3.05, 3.63) is 29.3 Å². The van der Waals surface area contributed by atoms with Crippen molar-refractivity contribution in [1.29, 1.82) is 0 Å². The number of ether oxygens (including phenoxy) is 1. The van der Waals surface area contributed by atoms with Gasteiger partial charge in [-0.25, -0.2) is 0 Å². The number of aryl methyl sites for hydroxylation is 1. The van der Waals surface area contributed by atoms with Crippen molar-refractivity contribution < 1.29 is 14.6 Å². The van der Waals surface area contributed by atoms with Gasteiger partial charge in [0.1, 0.15) is 5.75 Å². The highest BCUT2D eigenvalue weighted by atomic mass is 16.5. The SMILES string of the molecule is NC(CC(=O)O)C(N)c1ccc2c(c1)CCCO2. The first-order valence-corrected chi connectivity index (χ1v) is 6.06. The molecule has 2 atom stereocenters. The summed E-state index contributed by atoms with van der Waals surface area (Å²) in [4.78, 5) is 10.6. The topological polar surface area (TPSA) is 98.6 Å². The maximum Gasteiger partial charge on any atom is 0.304 e. The standard InChI is InChI=1S/C13H18N2O3/c14-10(7-12(16)17)13(15)9-3-4-11-8(6-9)2-1-5-18-11/h3-4,6,10,13H,1-2,5,7,14-15H2,(H,16,17). The number of rotatable bonds is 4. The first kappa shape index (κ1) is 12.9. The third kappa shape index (κ3) is 2.80. The molecule has 2 rings (SSSR count). The van der Waals surface area contributed by atoms with Crippen LogP contribution in [0.4, 0.5) is 0 Å². The fourth-order valence-electron chi connectivity index (χ4n) is 2.16. The molecule has 5 heteroatoms. The van der Waals surface area contributed by atoms with Crippen LogP contribution < -0.4 is 16.2 Å². The number of nitrogens with two attached hydrogens (primary N) is 2. The zero-order valence-electron chi connectivity index (χ0n) is 10.1. The molecule has 0 saturated carbocycles. The van der Waals surface area contributed by atoms with E-state index in [1.165, 1.54) is 0 Å². The van der Waals surface area contributed by atoms with Gasteiger partial charge >= 0.3 is 5.97 Å². The molecule has 5 N–H and O–H groups in total. The summed E-state index contributed by atoms with van der Waals surface area (Å²) in [5, 5.41) is 8.72. The van der Waals surface area contributed by atoms with Crippen molar-refractivity contribution in [2.45, 2.75) is 31.3 Å². The molecule has 1 aliphatic heterocycles. The van der Waals surface area contributed by atoms with Crippen LogP contribution in [0.2, 0.25) is 0 Å². The van der Waals surface area contributed by atoms with Gasteiger partial charge in [-0.15, -0.1) is 0 Å². The first-order valence-electron chi connectivity index (χ1n) is 6.06. The van der Waals surface area contributed by atoms with Gasteiger partial charge < -0.3 is 21.3 Å². The van der Waals surface area contributed by atoms with Gasteiger partial charge in [0.05, 0.1) is 13.0 Å². The van der Waals surface area contributed by atoms with E-state index in [9.17, 15) is 4.79 Å². The van der Waals surface area contributed by atoms with E-state index < -0.39 is 18.1 Å². The normalized spacial score (nSPS) is 17.4. The molecule has 1 aromatic rings. The first-order chi connectivity index (χ1) is 8.58. The highest BCUT2D eigenvalue weighted by molar-refractivity contribution is 5.67. The summed E-state index contributed by atoms with van der Waals surface area (Å²) < 4.78 is 5.52. The molecule has 5 nitrogen and oxygen atoms in total. The maximum absolute atomic E-state index is 10.6. The van der Waals surface area contributed by atoms with Crippen molar-refractivity contribution in [3.63, 3.8) is 0 Å². The van der Waals surface area contributed by atoms with Crippen LogP contribution >= 0.6 is 0 Å². The second kappa shape index (κ2) is 5.37. The molecule has 0 amide bonds. The molecule has 1 aliphatic rings. The van der Waals surface area contributed by atoms with E-state index in [2.05, 4.69) is 0 Å². The molecule has 0 aliphatic carbocycles. The number of carbonyl (C=O) groups is 1. The monoisotopic (exact) mass is 250 g/mol. The third-order valence-electron chi connectivity index (χ3n) is 3.19. The summed E-state index contributed by atoms with van der Waals surface area (Å²) in [5.74, 6) is -0.0387. The Labute approximate surface area is 106 Å². The Morgan fingerprint density at radius 2 is 2.22 bits per heavy atom. The van der Waals surface area contributed by atoms with E-state index in [4.69, 9.17) is 21.3 Å². The van der Waals surface area contributed by atoms with Crippen molar-refractivity contribution >= 4 is 5.97 Å². The maximum atomic E-state index is 10.6. The average Bonchev–Trinajstić information content (AvgIpc) is 2.36. The second-order valence-electron chi connectivity index (χ2n) is 4.61. The lowest BCUT2D eigenvalue weighted by Crippen LogP contribution is -2.36. The van der Waals surface area contributed by atoms with Crippen LogP contribution in [0.25, 0.3) is 0 Å². The minimum Gasteiger partial charge on any atom is -0.493 e. The molecule has 0 fully saturated rings. The van der Waals surface area contributed by atoms with Gasteiger partial charge in [0, 0.05) is 12.1 Å². The van der Waals surface area contributed by atoms with Crippen LogP contribution in [0.5, 0.6) is 5.75 Å². The van der Waals surface area contributed by atoms with Gasteiger partial charge in [0.2, 0.25) is 0 Å². The van der Waals surface area contributed by atoms with Gasteiger partial charge in [0.15, 0.2) is 0 Å². The van der Waals surface area contributed by atoms with Gasteiger partial charge in [-0.3, -0.25) is 4.79 Å². The minimum absolute atomic E-state index is 0.130. The molecule has 1 aromatic carbocycles. The van der Waals surface area contributed by atoms with E-state index in [0.717, 1.165) is 36.3 Å². The summed E-state index contributed by atoms with van der Waals surface area (Å²) in [5.41, 5.74) is 13.8. The highest BCUT2D eigenvalue weighted by Gasteiger charge is 2.20. The summed E-state index contributed by atoms with van der Waals surface area (Å²) in [6.07, 6.45) is 1.83. The Kier molecular flexibility index (Phi) is 3.84. The second-order valence-corrected chi connectivity index (χ2v) is 4.61. The predicted molar refractivity (Wildman–Crippen MR) is 67.4 cm³/mol. The third-order valence-corrected chi connectivity index (χ3v) is 3.19. The van der Waals surface area contributed by atoms with Gasteiger partial charge in [0.25, 0.3) is 0 Å². The number of benzene rings is 1. The van der Waals surface area contributed by atoms with Gasteiger partial charge in [-0.05, 0) is 30.0 Å². The fraction of sp³-hybridized carbons (Fsp3) is 0.462. The molecule has 2 unspecified atom stereocenters. The van der Waals surface area contributed by atoms with Crippen LogP contribution in [0.15, 0.2) is 18.2 Å². The number of hydrogen-bond donors (Lipinski definition) is 3. The van der Waals surface area contributed by atoms with Crippen LogP contribution in [0.1, 0.15) is 30.0 Å². The smallest absolute Gasteiger partial charge is 0.304 e. The largest absolute Gasteiger partial charge is 0.493 e.